The second-order valence-corrected chi connectivity index (χ2v) is 2.10. The molecule has 1 heterocycles. The van der Waals surface area contributed by atoms with Crippen LogP contribution < -0.4 is 0 Å². The largest absolute Gasteiger partial charge is 0.339 e. The summed E-state index contributed by atoms with van der Waals surface area (Å²) >= 11 is 0. The van der Waals surface area contributed by atoms with Crippen LogP contribution in [0.4, 0.5) is 0 Å². The predicted octanol–water partition coefficient (Wildman–Crippen LogP) is 0.609. The van der Waals surface area contributed by atoms with Gasteiger partial charge in [0.05, 0.1) is 0 Å². The summed E-state index contributed by atoms with van der Waals surface area (Å²) in [6.07, 6.45) is 5.05. The molecular formula is C7H10NO. The van der Waals surface area contributed by atoms with Crippen LogP contribution in [-0.2, 0) is 4.79 Å². The molecule has 0 aromatic carbocycles. The van der Waals surface area contributed by atoms with Crippen molar-refractivity contribution >= 4 is 5.91 Å². The Balaban J connectivity index is 2.44. The zero-order valence-corrected chi connectivity index (χ0v) is 5.34. The topological polar surface area (TPSA) is 20.3 Å². The Bertz CT molecular complexity index is 140. The zero-order valence-electron chi connectivity index (χ0n) is 5.34. The molecule has 2 heteroatoms. The third kappa shape index (κ3) is 1.56. The molecule has 2 nitrogen and oxygen atoms in total. The van der Waals surface area contributed by atoms with Crippen molar-refractivity contribution in [2.45, 2.75) is 6.42 Å². The summed E-state index contributed by atoms with van der Waals surface area (Å²) in [5.74, 6) is -0.0700. The smallest absolute Gasteiger partial charge is 0.223 e. The highest BCUT2D eigenvalue weighted by Crippen LogP contribution is 1.99. The SMILES string of the molecule is [CH2]C(=O)N1CC=CCC1. The first-order valence-corrected chi connectivity index (χ1v) is 3.06. The van der Waals surface area contributed by atoms with E-state index < -0.39 is 0 Å². The fraction of sp³-hybridized carbons (Fsp3) is 0.429. The molecule has 0 spiro atoms. The van der Waals surface area contributed by atoms with E-state index in [0.717, 1.165) is 19.5 Å². The van der Waals surface area contributed by atoms with E-state index in [1.54, 1.807) is 4.90 Å². The lowest BCUT2D eigenvalue weighted by molar-refractivity contribution is -0.125. The molecule has 0 unspecified atom stereocenters. The molecule has 0 aromatic heterocycles. The first-order chi connectivity index (χ1) is 4.30. The number of hydrogen-bond acceptors (Lipinski definition) is 1. The summed E-state index contributed by atoms with van der Waals surface area (Å²) in [7, 11) is 0. The first-order valence-electron chi connectivity index (χ1n) is 3.06. The van der Waals surface area contributed by atoms with Gasteiger partial charge in [0.1, 0.15) is 0 Å². The Kier molecular flexibility index (Phi) is 1.88. The molecule has 1 radical (unpaired) electrons. The molecule has 0 aromatic rings. The van der Waals surface area contributed by atoms with Gasteiger partial charge in [-0.1, -0.05) is 12.2 Å². The summed E-state index contributed by atoms with van der Waals surface area (Å²) in [4.78, 5) is 12.3. The van der Waals surface area contributed by atoms with E-state index >= 15 is 0 Å². The molecule has 0 saturated heterocycles. The van der Waals surface area contributed by atoms with Crippen molar-refractivity contribution in [3.05, 3.63) is 19.1 Å². The summed E-state index contributed by atoms with van der Waals surface area (Å²) in [5, 5.41) is 0. The molecule has 0 saturated carbocycles. The molecule has 1 aliphatic rings. The number of rotatable bonds is 0. The second kappa shape index (κ2) is 2.67. The van der Waals surface area contributed by atoms with Crippen molar-refractivity contribution < 1.29 is 4.79 Å². The molecule has 0 fully saturated rings. The van der Waals surface area contributed by atoms with Gasteiger partial charge in [0.2, 0.25) is 5.91 Å². The van der Waals surface area contributed by atoms with Gasteiger partial charge >= 0.3 is 0 Å². The lowest BCUT2D eigenvalue weighted by Crippen LogP contribution is -2.31. The number of hydrogen-bond donors (Lipinski definition) is 0. The third-order valence-electron chi connectivity index (χ3n) is 1.41. The summed E-state index contributed by atoms with van der Waals surface area (Å²) in [5.41, 5.74) is 0. The van der Waals surface area contributed by atoms with Gasteiger partial charge < -0.3 is 4.90 Å². The molecule has 0 N–H and O–H groups in total. The van der Waals surface area contributed by atoms with Crippen LogP contribution >= 0.6 is 0 Å². The first kappa shape index (κ1) is 6.33. The molecule has 49 valence electrons. The normalized spacial score (nSPS) is 18.1. The van der Waals surface area contributed by atoms with E-state index in [1.807, 2.05) is 6.08 Å². The van der Waals surface area contributed by atoms with Crippen LogP contribution in [0.5, 0.6) is 0 Å². The van der Waals surface area contributed by atoms with E-state index in [4.69, 9.17) is 0 Å². The van der Waals surface area contributed by atoms with Crippen molar-refractivity contribution in [3.8, 4) is 0 Å². The summed E-state index contributed by atoms with van der Waals surface area (Å²) in [6.45, 7) is 4.89. The van der Waals surface area contributed by atoms with Gasteiger partial charge in [-0.15, -0.1) is 0 Å². The maximum atomic E-state index is 10.6. The van der Waals surface area contributed by atoms with Gasteiger partial charge in [-0.05, 0) is 6.42 Å². The minimum atomic E-state index is -0.0700. The number of nitrogens with zero attached hydrogens (tertiary/aromatic N) is 1. The molecule has 0 bridgehead atoms. The van der Waals surface area contributed by atoms with E-state index in [2.05, 4.69) is 13.0 Å². The molecule has 1 amide bonds. The van der Waals surface area contributed by atoms with Crippen molar-refractivity contribution in [1.29, 1.82) is 0 Å². The molecule has 0 aliphatic carbocycles. The zero-order chi connectivity index (χ0) is 6.69. The molecular weight excluding hydrogens is 114 g/mol. The molecule has 1 rings (SSSR count). The lowest BCUT2D eigenvalue weighted by Gasteiger charge is -2.20. The number of carbonyl (C=O) groups is 1. The lowest BCUT2D eigenvalue weighted by atomic mass is 10.2. The van der Waals surface area contributed by atoms with Crippen LogP contribution in [0.15, 0.2) is 12.2 Å². The van der Waals surface area contributed by atoms with E-state index in [1.165, 1.54) is 0 Å². The standard InChI is InChI=1S/C7H10NO/c1-7(9)8-5-3-2-4-6-8/h2-3H,1,4-6H2. The van der Waals surface area contributed by atoms with Crippen molar-refractivity contribution in [1.82, 2.24) is 4.90 Å². The Hall–Kier alpha value is -0.790. The molecule has 9 heavy (non-hydrogen) atoms. The average Bonchev–Trinajstić information content (AvgIpc) is 1.90. The van der Waals surface area contributed by atoms with Crippen LogP contribution in [0.25, 0.3) is 0 Å². The quantitative estimate of drug-likeness (QED) is 0.433. The minimum absolute atomic E-state index is 0.0700. The third-order valence-corrected chi connectivity index (χ3v) is 1.41. The maximum absolute atomic E-state index is 10.6. The summed E-state index contributed by atoms with van der Waals surface area (Å²) < 4.78 is 0. The van der Waals surface area contributed by atoms with Gasteiger partial charge in [0.15, 0.2) is 0 Å². The molecule has 0 atom stereocenters. The Morgan fingerprint density at radius 1 is 1.56 bits per heavy atom. The van der Waals surface area contributed by atoms with Crippen molar-refractivity contribution in [3.63, 3.8) is 0 Å². The maximum Gasteiger partial charge on any atom is 0.223 e. The van der Waals surface area contributed by atoms with Gasteiger partial charge in [0, 0.05) is 20.0 Å². The van der Waals surface area contributed by atoms with Crippen molar-refractivity contribution in [2.24, 2.45) is 0 Å². The van der Waals surface area contributed by atoms with Crippen LogP contribution in [0.3, 0.4) is 0 Å². The van der Waals surface area contributed by atoms with Gasteiger partial charge in [-0.2, -0.15) is 0 Å². The fourth-order valence-electron chi connectivity index (χ4n) is 0.868. The number of carbonyl (C=O) groups excluding carboxylic acids is 1. The van der Waals surface area contributed by atoms with Gasteiger partial charge in [0.25, 0.3) is 0 Å². The van der Waals surface area contributed by atoms with Crippen LogP contribution in [0, 0.1) is 6.92 Å². The Labute approximate surface area is 55.2 Å². The fourth-order valence-corrected chi connectivity index (χ4v) is 0.868. The Morgan fingerprint density at radius 2 is 2.33 bits per heavy atom. The predicted molar refractivity (Wildman–Crippen MR) is 35.7 cm³/mol. The van der Waals surface area contributed by atoms with Gasteiger partial charge in [-0.3, -0.25) is 4.79 Å². The highest BCUT2D eigenvalue weighted by molar-refractivity contribution is 5.80. The van der Waals surface area contributed by atoms with Crippen molar-refractivity contribution in [2.75, 3.05) is 13.1 Å². The second-order valence-electron chi connectivity index (χ2n) is 2.10. The number of amides is 1. The van der Waals surface area contributed by atoms with E-state index in [-0.39, 0.29) is 5.91 Å². The van der Waals surface area contributed by atoms with E-state index in [9.17, 15) is 4.79 Å². The molecule has 1 aliphatic heterocycles. The minimum Gasteiger partial charge on any atom is -0.339 e. The van der Waals surface area contributed by atoms with Crippen LogP contribution in [0.1, 0.15) is 6.42 Å². The monoisotopic (exact) mass is 124 g/mol. The van der Waals surface area contributed by atoms with Crippen LogP contribution in [0.2, 0.25) is 0 Å². The average molecular weight is 124 g/mol. The highest BCUT2D eigenvalue weighted by Gasteiger charge is 2.07. The Morgan fingerprint density at radius 3 is 2.67 bits per heavy atom. The highest BCUT2D eigenvalue weighted by atomic mass is 16.2. The van der Waals surface area contributed by atoms with Gasteiger partial charge in [-0.25, -0.2) is 0 Å². The van der Waals surface area contributed by atoms with E-state index in [0.29, 0.717) is 0 Å². The summed E-state index contributed by atoms with van der Waals surface area (Å²) in [6, 6.07) is 0. The van der Waals surface area contributed by atoms with Crippen LogP contribution in [-0.4, -0.2) is 23.9 Å².